The number of aromatic hydroxyl groups is 1. The Balaban J connectivity index is 1.96. The van der Waals surface area contributed by atoms with Crippen LogP contribution in [0.25, 0.3) is 5.76 Å². The molecule has 0 radical (unpaired) electrons. The molecule has 1 aliphatic rings. The summed E-state index contributed by atoms with van der Waals surface area (Å²) < 4.78 is 19.0. The Morgan fingerprint density at radius 2 is 1.82 bits per heavy atom. The lowest BCUT2D eigenvalue weighted by Crippen LogP contribution is -2.29. The molecule has 1 unspecified atom stereocenters. The van der Waals surface area contributed by atoms with Gasteiger partial charge in [0.05, 0.1) is 23.2 Å². The molecule has 3 aromatic rings. The fraction of sp³-hybridized carbons (Fsp3) is 0.120. The molecular formula is C25H19ClFNO5. The number of anilines is 1. The molecule has 1 fully saturated rings. The second-order valence-corrected chi connectivity index (χ2v) is 7.72. The van der Waals surface area contributed by atoms with Crippen molar-refractivity contribution < 1.29 is 28.9 Å². The van der Waals surface area contributed by atoms with E-state index in [4.69, 9.17) is 16.3 Å². The van der Waals surface area contributed by atoms with E-state index in [1.54, 1.807) is 25.1 Å². The van der Waals surface area contributed by atoms with Gasteiger partial charge in [0.2, 0.25) is 0 Å². The third kappa shape index (κ3) is 4.15. The van der Waals surface area contributed by atoms with Crippen LogP contribution in [0.4, 0.5) is 10.1 Å². The highest BCUT2D eigenvalue weighted by Gasteiger charge is 2.47. The third-order valence-corrected chi connectivity index (χ3v) is 5.57. The van der Waals surface area contributed by atoms with Gasteiger partial charge in [-0.3, -0.25) is 14.5 Å². The standard InChI is InChI=1S/C25H19ClFNO5/c1-2-33-18-10-11-20(26)19(13-18)23(30)21-22(14-4-3-5-17(29)12-14)28(25(32)24(21)31)16-8-6-15(27)7-9-16/h3-13,22,29-30H,2H2,1H3/b23-21+. The summed E-state index contributed by atoms with van der Waals surface area (Å²) in [6, 6.07) is 14.6. The highest BCUT2D eigenvalue weighted by molar-refractivity contribution is 6.52. The van der Waals surface area contributed by atoms with Crippen LogP contribution in [0, 0.1) is 5.82 Å². The predicted molar refractivity (Wildman–Crippen MR) is 122 cm³/mol. The number of amides is 1. The van der Waals surface area contributed by atoms with E-state index in [0.29, 0.717) is 17.9 Å². The van der Waals surface area contributed by atoms with Crippen molar-refractivity contribution in [1.82, 2.24) is 0 Å². The molecule has 1 heterocycles. The maximum Gasteiger partial charge on any atom is 0.300 e. The first kappa shape index (κ1) is 22.4. The zero-order valence-corrected chi connectivity index (χ0v) is 18.2. The van der Waals surface area contributed by atoms with Crippen molar-refractivity contribution in [2.75, 3.05) is 11.5 Å². The molecule has 3 aromatic carbocycles. The summed E-state index contributed by atoms with van der Waals surface area (Å²) in [6.45, 7) is 2.17. The zero-order valence-electron chi connectivity index (χ0n) is 17.5. The van der Waals surface area contributed by atoms with E-state index >= 15 is 0 Å². The number of benzene rings is 3. The third-order valence-electron chi connectivity index (χ3n) is 5.24. The summed E-state index contributed by atoms with van der Waals surface area (Å²) in [7, 11) is 0. The molecule has 1 saturated heterocycles. The molecule has 6 nitrogen and oxygen atoms in total. The van der Waals surface area contributed by atoms with E-state index in [9.17, 15) is 24.2 Å². The van der Waals surface area contributed by atoms with Gasteiger partial charge in [-0.2, -0.15) is 0 Å². The van der Waals surface area contributed by atoms with E-state index in [0.717, 1.165) is 17.0 Å². The van der Waals surface area contributed by atoms with Gasteiger partial charge >= 0.3 is 0 Å². The number of aliphatic hydroxyl groups is 1. The Hall–Kier alpha value is -3.84. The van der Waals surface area contributed by atoms with Gasteiger partial charge < -0.3 is 14.9 Å². The van der Waals surface area contributed by atoms with E-state index in [-0.39, 0.29) is 27.6 Å². The van der Waals surface area contributed by atoms with E-state index in [1.165, 1.54) is 36.4 Å². The minimum atomic E-state index is -1.09. The number of halogens is 2. The van der Waals surface area contributed by atoms with Gasteiger partial charge in [0.15, 0.2) is 0 Å². The maximum absolute atomic E-state index is 13.5. The number of aliphatic hydroxyl groups excluding tert-OH is 1. The zero-order chi connectivity index (χ0) is 23.7. The number of ether oxygens (including phenoxy) is 1. The lowest BCUT2D eigenvalue weighted by atomic mass is 9.95. The number of hydrogen-bond donors (Lipinski definition) is 2. The van der Waals surface area contributed by atoms with Gasteiger partial charge in [0.1, 0.15) is 23.1 Å². The smallest absolute Gasteiger partial charge is 0.300 e. The van der Waals surface area contributed by atoms with Gasteiger partial charge in [-0.1, -0.05) is 23.7 Å². The normalized spacial score (nSPS) is 17.4. The number of Topliss-reactive ketones (excluding diaryl/α,β-unsaturated/α-hetero) is 1. The highest BCUT2D eigenvalue weighted by Crippen LogP contribution is 2.43. The fourth-order valence-corrected chi connectivity index (χ4v) is 4.01. The van der Waals surface area contributed by atoms with Crippen LogP contribution in [0.2, 0.25) is 5.02 Å². The molecule has 1 amide bonds. The van der Waals surface area contributed by atoms with Crippen molar-refractivity contribution in [3.8, 4) is 11.5 Å². The van der Waals surface area contributed by atoms with Crippen molar-refractivity contribution >= 4 is 34.7 Å². The molecule has 0 aliphatic carbocycles. The summed E-state index contributed by atoms with van der Waals surface area (Å²) in [5.41, 5.74) is 0.521. The molecule has 168 valence electrons. The van der Waals surface area contributed by atoms with Crippen LogP contribution in [-0.4, -0.2) is 28.5 Å². The van der Waals surface area contributed by atoms with Crippen molar-refractivity contribution in [2.24, 2.45) is 0 Å². The topological polar surface area (TPSA) is 87.1 Å². The van der Waals surface area contributed by atoms with Crippen LogP contribution >= 0.6 is 11.6 Å². The molecule has 33 heavy (non-hydrogen) atoms. The number of ketones is 1. The Labute approximate surface area is 194 Å². The first-order valence-electron chi connectivity index (χ1n) is 10.1. The van der Waals surface area contributed by atoms with E-state index in [1.807, 2.05) is 0 Å². The number of phenols is 1. The SMILES string of the molecule is CCOc1ccc(Cl)c(/C(O)=C2\C(=O)C(=O)N(c3ccc(F)cc3)C2c2cccc(O)c2)c1. The van der Waals surface area contributed by atoms with Crippen LogP contribution in [0.5, 0.6) is 11.5 Å². The summed E-state index contributed by atoms with van der Waals surface area (Å²) >= 11 is 6.30. The fourth-order valence-electron chi connectivity index (χ4n) is 3.80. The van der Waals surface area contributed by atoms with Crippen molar-refractivity contribution in [3.05, 3.63) is 94.3 Å². The number of carbonyl (C=O) groups excluding carboxylic acids is 2. The average molecular weight is 468 g/mol. The number of carbonyl (C=O) groups is 2. The number of rotatable bonds is 5. The van der Waals surface area contributed by atoms with Crippen molar-refractivity contribution in [3.63, 3.8) is 0 Å². The Morgan fingerprint density at radius 3 is 2.48 bits per heavy atom. The van der Waals surface area contributed by atoms with E-state index < -0.39 is 29.3 Å². The lowest BCUT2D eigenvalue weighted by Gasteiger charge is -2.25. The largest absolute Gasteiger partial charge is 0.508 e. The lowest BCUT2D eigenvalue weighted by molar-refractivity contribution is -0.132. The predicted octanol–water partition coefficient (Wildman–Crippen LogP) is 5.21. The Kier molecular flexibility index (Phi) is 6.07. The summed E-state index contributed by atoms with van der Waals surface area (Å²) in [4.78, 5) is 27.4. The first-order valence-corrected chi connectivity index (χ1v) is 10.5. The number of phenolic OH excluding ortho intramolecular Hbond substituents is 1. The van der Waals surface area contributed by atoms with Crippen LogP contribution in [0.1, 0.15) is 24.1 Å². The molecule has 0 spiro atoms. The molecule has 0 bridgehead atoms. The highest BCUT2D eigenvalue weighted by atomic mass is 35.5. The summed E-state index contributed by atoms with van der Waals surface area (Å²) in [5, 5.41) is 21.4. The molecule has 1 aliphatic heterocycles. The van der Waals surface area contributed by atoms with Crippen LogP contribution in [-0.2, 0) is 9.59 Å². The van der Waals surface area contributed by atoms with Gasteiger partial charge in [-0.15, -0.1) is 0 Å². The number of hydrogen-bond acceptors (Lipinski definition) is 5. The molecule has 2 N–H and O–H groups in total. The monoisotopic (exact) mass is 467 g/mol. The molecular weight excluding hydrogens is 449 g/mol. The average Bonchev–Trinajstić information content (AvgIpc) is 3.06. The molecule has 8 heteroatoms. The van der Waals surface area contributed by atoms with Gasteiger partial charge in [-0.25, -0.2) is 4.39 Å². The van der Waals surface area contributed by atoms with Gasteiger partial charge in [0.25, 0.3) is 11.7 Å². The van der Waals surface area contributed by atoms with Crippen molar-refractivity contribution in [2.45, 2.75) is 13.0 Å². The molecule has 4 rings (SSSR count). The Morgan fingerprint density at radius 1 is 1.09 bits per heavy atom. The molecule has 0 saturated carbocycles. The van der Waals surface area contributed by atoms with Crippen LogP contribution in [0.3, 0.4) is 0 Å². The molecule has 0 aromatic heterocycles. The van der Waals surface area contributed by atoms with Gasteiger partial charge in [0, 0.05) is 11.3 Å². The van der Waals surface area contributed by atoms with E-state index in [2.05, 4.69) is 0 Å². The minimum absolute atomic E-state index is 0.0893. The summed E-state index contributed by atoms with van der Waals surface area (Å²) in [5.74, 6) is -2.52. The Bertz CT molecular complexity index is 1270. The van der Waals surface area contributed by atoms with Crippen molar-refractivity contribution in [1.29, 1.82) is 0 Å². The van der Waals surface area contributed by atoms with Gasteiger partial charge in [-0.05, 0) is 67.1 Å². The van der Waals surface area contributed by atoms with Crippen LogP contribution in [0.15, 0.2) is 72.3 Å². The first-order chi connectivity index (χ1) is 15.8. The number of nitrogens with zero attached hydrogens (tertiary/aromatic N) is 1. The quantitative estimate of drug-likeness (QED) is 0.305. The second kappa shape index (κ2) is 8.96. The maximum atomic E-state index is 13.5. The second-order valence-electron chi connectivity index (χ2n) is 7.32. The molecule has 1 atom stereocenters. The summed E-state index contributed by atoms with van der Waals surface area (Å²) in [6.07, 6.45) is 0. The van der Waals surface area contributed by atoms with Crippen LogP contribution < -0.4 is 9.64 Å². The minimum Gasteiger partial charge on any atom is -0.508 e.